The highest BCUT2D eigenvalue weighted by Gasteiger charge is 2.34. The number of halogens is 3. The van der Waals surface area contributed by atoms with Gasteiger partial charge in [0.1, 0.15) is 23.7 Å². The molecular formula is C16H11F3N2O3S. The van der Waals surface area contributed by atoms with Crippen molar-refractivity contribution in [2.75, 3.05) is 0 Å². The van der Waals surface area contributed by atoms with Gasteiger partial charge in [-0.25, -0.2) is 4.98 Å². The Bertz CT molecular complexity index is 945. The third kappa shape index (κ3) is 3.87. The largest absolute Gasteiger partial charge is 0.457 e. The average molecular weight is 368 g/mol. The number of fused-ring (bicyclic) bond motifs is 1. The summed E-state index contributed by atoms with van der Waals surface area (Å²) in [6.07, 6.45) is -3.67. The second-order valence-corrected chi connectivity index (χ2v) is 6.20. The van der Waals surface area contributed by atoms with Gasteiger partial charge in [0.2, 0.25) is 0 Å². The van der Waals surface area contributed by atoms with Gasteiger partial charge in [-0.05, 0) is 24.3 Å². The number of alkyl halides is 3. The van der Waals surface area contributed by atoms with Gasteiger partial charge in [-0.15, -0.1) is 11.3 Å². The minimum Gasteiger partial charge on any atom is -0.457 e. The molecule has 25 heavy (non-hydrogen) atoms. The van der Waals surface area contributed by atoms with Gasteiger partial charge in [0.05, 0.1) is 10.2 Å². The van der Waals surface area contributed by atoms with Crippen LogP contribution in [0.3, 0.4) is 0 Å². The number of esters is 1. The Morgan fingerprint density at radius 3 is 2.68 bits per heavy atom. The topological polar surface area (TPSA) is 61.2 Å². The Labute approximate surface area is 143 Å². The summed E-state index contributed by atoms with van der Waals surface area (Å²) in [5.41, 5.74) is -1.84. The molecule has 3 aromatic rings. The Morgan fingerprint density at radius 2 is 1.96 bits per heavy atom. The molecule has 0 aliphatic heterocycles. The lowest BCUT2D eigenvalue weighted by molar-refractivity contribution is -0.146. The smallest absolute Gasteiger partial charge is 0.421 e. The number of rotatable bonds is 4. The van der Waals surface area contributed by atoms with Gasteiger partial charge in [0.25, 0.3) is 5.56 Å². The van der Waals surface area contributed by atoms with Crippen LogP contribution in [0.2, 0.25) is 0 Å². The Kier molecular flexibility index (Phi) is 4.58. The quantitative estimate of drug-likeness (QED) is 0.664. The number of pyridine rings is 1. The van der Waals surface area contributed by atoms with Crippen LogP contribution in [0.5, 0.6) is 0 Å². The minimum atomic E-state index is -4.77. The van der Waals surface area contributed by atoms with Gasteiger partial charge in [0.15, 0.2) is 0 Å². The zero-order chi connectivity index (χ0) is 18.0. The van der Waals surface area contributed by atoms with E-state index < -0.39 is 29.8 Å². The third-order valence-electron chi connectivity index (χ3n) is 3.32. The molecule has 0 amide bonds. The predicted octanol–water partition coefficient (Wildman–Crippen LogP) is 3.22. The number of ether oxygens (including phenoxy) is 1. The Balaban J connectivity index is 1.68. The summed E-state index contributed by atoms with van der Waals surface area (Å²) in [5.74, 6) is -0.819. The van der Waals surface area contributed by atoms with Crippen LogP contribution >= 0.6 is 11.3 Å². The molecule has 0 fully saturated rings. The maximum atomic E-state index is 12.7. The van der Waals surface area contributed by atoms with E-state index in [9.17, 15) is 22.8 Å². The van der Waals surface area contributed by atoms with Crippen LogP contribution in [0.4, 0.5) is 13.2 Å². The summed E-state index contributed by atoms with van der Waals surface area (Å²) < 4.78 is 44.7. The van der Waals surface area contributed by atoms with Gasteiger partial charge in [0, 0.05) is 6.20 Å². The molecule has 2 heterocycles. The van der Waals surface area contributed by atoms with Crippen molar-refractivity contribution in [2.45, 2.75) is 19.3 Å². The molecule has 0 aliphatic rings. The van der Waals surface area contributed by atoms with Crippen LogP contribution in [0.15, 0.2) is 47.4 Å². The molecule has 3 rings (SSSR count). The number of aromatic nitrogens is 2. The van der Waals surface area contributed by atoms with Gasteiger partial charge in [-0.3, -0.25) is 9.59 Å². The van der Waals surface area contributed by atoms with E-state index in [4.69, 9.17) is 4.74 Å². The SMILES string of the molecule is O=C(Cn1cccc(C(F)(F)F)c1=O)OCc1nc2ccccc2s1. The number of carbonyl (C=O) groups is 1. The van der Waals surface area contributed by atoms with Gasteiger partial charge in [-0.2, -0.15) is 13.2 Å². The molecule has 1 aromatic carbocycles. The van der Waals surface area contributed by atoms with Crippen molar-refractivity contribution >= 4 is 27.5 Å². The number of para-hydroxylation sites is 1. The summed E-state index contributed by atoms with van der Waals surface area (Å²) >= 11 is 1.35. The van der Waals surface area contributed by atoms with E-state index in [-0.39, 0.29) is 6.61 Å². The van der Waals surface area contributed by atoms with Crippen molar-refractivity contribution in [1.82, 2.24) is 9.55 Å². The Hall–Kier alpha value is -2.68. The molecule has 0 saturated carbocycles. The van der Waals surface area contributed by atoms with Gasteiger partial charge < -0.3 is 9.30 Å². The van der Waals surface area contributed by atoms with Crippen LogP contribution < -0.4 is 5.56 Å². The number of benzene rings is 1. The highest BCUT2D eigenvalue weighted by molar-refractivity contribution is 7.18. The van der Waals surface area contributed by atoms with Gasteiger partial charge >= 0.3 is 12.1 Å². The van der Waals surface area contributed by atoms with Crippen molar-refractivity contribution in [1.29, 1.82) is 0 Å². The van der Waals surface area contributed by atoms with Crippen molar-refractivity contribution < 1.29 is 22.7 Å². The van der Waals surface area contributed by atoms with E-state index in [1.54, 1.807) is 0 Å². The van der Waals surface area contributed by atoms with E-state index in [1.807, 2.05) is 24.3 Å². The van der Waals surface area contributed by atoms with Crippen LogP contribution in [0.25, 0.3) is 10.2 Å². The number of nitrogens with zero attached hydrogens (tertiary/aromatic N) is 2. The normalized spacial score (nSPS) is 11.6. The van der Waals surface area contributed by atoms with Crippen molar-refractivity contribution in [2.24, 2.45) is 0 Å². The van der Waals surface area contributed by atoms with Crippen molar-refractivity contribution in [3.05, 3.63) is 63.5 Å². The molecule has 2 aromatic heterocycles. The molecule has 0 N–H and O–H groups in total. The number of hydrogen-bond acceptors (Lipinski definition) is 5. The molecule has 9 heteroatoms. The molecule has 0 saturated heterocycles. The summed E-state index contributed by atoms with van der Waals surface area (Å²) in [6, 6.07) is 9.12. The molecule has 5 nitrogen and oxygen atoms in total. The zero-order valence-corrected chi connectivity index (χ0v) is 13.4. The first-order chi connectivity index (χ1) is 11.8. The molecule has 0 unspecified atom stereocenters. The lowest BCUT2D eigenvalue weighted by Crippen LogP contribution is -2.30. The highest BCUT2D eigenvalue weighted by atomic mass is 32.1. The molecule has 0 aliphatic carbocycles. The maximum Gasteiger partial charge on any atom is 0.421 e. The molecular weight excluding hydrogens is 357 g/mol. The predicted molar refractivity (Wildman–Crippen MR) is 85.1 cm³/mol. The van der Waals surface area contributed by atoms with Crippen LogP contribution in [0.1, 0.15) is 10.6 Å². The fourth-order valence-corrected chi connectivity index (χ4v) is 3.07. The van der Waals surface area contributed by atoms with E-state index in [1.165, 1.54) is 11.3 Å². The summed E-state index contributed by atoms with van der Waals surface area (Å²) in [7, 11) is 0. The summed E-state index contributed by atoms with van der Waals surface area (Å²) in [5, 5.41) is 0.561. The highest BCUT2D eigenvalue weighted by Crippen LogP contribution is 2.26. The van der Waals surface area contributed by atoms with Crippen molar-refractivity contribution in [3.8, 4) is 0 Å². The number of thiazole rings is 1. The summed E-state index contributed by atoms with van der Waals surface area (Å²) in [4.78, 5) is 27.9. The molecule has 0 atom stereocenters. The van der Waals surface area contributed by atoms with Crippen LogP contribution in [0, 0.1) is 0 Å². The van der Waals surface area contributed by atoms with E-state index in [0.717, 1.165) is 22.5 Å². The molecule has 0 radical (unpaired) electrons. The van der Waals surface area contributed by atoms with Crippen LogP contribution in [-0.4, -0.2) is 15.5 Å². The third-order valence-corrected chi connectivity index (χ3v) is 4.33. The fraction of sp³-hybridized carbons (Fsp3) is 0.188. The minimum absolute atomic E-state index is 0.105. The first kappa shape index (κ1) is 17.2. The Morgan fingerprint density at radius 1 is 1.20 bits per heavy atom. The zero-order valence-electron chi connectivity index (χ0n) is 12.6. The van der Waals surface area contributed by atoms with E-state index >= 15 is 0 Å². The first-order valence-electron chi connectivity index (χ1n) is 7.11. The lowest BCUT2D eigenvalue weighted by Gasteiger charge is -2.09. The first-order valence-corrected chi connectivity index (χ1v) is 7.93. The van der Waals surface area contributed by atoms with Crippen molar-refractivity contribution in [3.63, 3.8) is 0 Å². The number of hydrogen-bond donors (Lipinski definition) is 0. The fourth-order valence-electron chi connectivity index (χ4n) is 2.19. The van der Waals surface area contributed by atoms with E-state index in [2.05, 4.69) is 4.98 Å². The van der Waals surface area contributed by atoms with Gasteiger partial charge in [-0.1, -0.05) is 12.1 Å². The number of carbonyl (C=O) groups excluding carboxylic acids is 1. The van der Waals surface area contributed by atoms with E-state index in [0.29, 0.717) is 15.6 Å². The molecule has 0 bridgehead atoms. The summed E-state index contributed by atoms with van der Waals surface area (Å²) in [6.45, 7) is -0.709. The monoisotopic (exact) mass is 368 g/mol. The maximum absolute atomic E-state index is 12.7. The second kappa shape index (κ2) is 6.67. The molecule has 130 valence electrons. The average Bonchev–Trinajstić information content (AvgIpc) is 2.97. The second-order valence-electron chi connectivity index (χ2n) is 5.09. The molecule has 0 spiro atoms. The van der Waals surface area contributed by atoms with Crippen LogP contribution in [-0.2, 0) is 28.9 Å². The standard InChI is InChI=1S/C16H11F3N2O3S/c17-16(18,19)10-4-3-7-21(15(10)23)8-14(22)24-9-13-20-11-5-1-2-6-12(11)25-13/h1-7H,8-9H2. The lowest BCUT2D eigenvalue weighted by atomic mass is 10.2.